The minimum absolute atomic E-state index is 0.269. The third-order valence-electron chi connectivity index (χ3n) is 2.18. The molecular formula is C10H11N3O. The van der Waals surface area contributed by atoms with E-state index in [0.717, 1.165) is 17.0 Å². The number of para-hydroxylation sites is 1. The average Bonchev–Trinajstić information content (AvgIpc) is 2.27. The number of carbonyl (C=O) groups excluding carboxylic acids is 1. The molecule has 1 aromatic rings. The highest BCUT2D eigenvalue weighted by Gasteiger charge is 2.19. The quantitative estimate of drug-likeness (QED) is 0.631. The molecule has 1 unspecified atom stereocenters. The maximum Gasteiger partial charge on any atom is 0.263 e. The Kier molecular flexibility index (Phi) is 2.05. The minimum atomic E-state index is -0.803. The average molecular weight is 189 g/mol. The number of hydrogen-bond acceptors (Lipinski definition) is 3. The van der Waals surface area contributed by atoms with Crippen LogP contribution >= 0.6 is 0 Å². The Bertz CT molecular complexity index is 412. The second kappa shape index (κ2) is 3.23. The lowest BCUT2D eigenvalue weighted by molar-refractivity contribution is -0.117. The largest absolute Gasteiger partial charge is 0.322 e. The molecule has 0 aromatic heterocycles. The van der Waals surface area contributed by atoms with Crippen molar-refractivity contribution < 1.29 is 4.79 Å². The van der Waals surface area contributed by atoms with E-state index >= 15 is 0 Å². The molecule has 0 saturated heterocycles. The van der Waals surface area contributed by atoms with Crippen LogP contribution in [0.3, 0.4) is 0 Å². The van der Waals surface area contributed by atoms with Crippen LogP contribution in [0.25, 0.3) is 0 Å². The summed E-state index contributed by atoms with van der Waals surface area (Å²) in [6.07, 6.45) is -0.803. The number of aliphatic imine (C=N–C) groups is 1. The van der Waals surface area contributed by atoms with E-state index in [4.69, 9.17) is 5.73 Å². The summed E-state index contributed by atoms with van der Waals surface area (Å²) in [6, 6.07) is 7.51. The Labute approximate surface area is 81.8 Å². The van der Waals surface area contributed by atoms with Gasteiger partial charge in [-0.25, -0.2) is 0 Å². The van der Waals surface area contributed by atoms with Crippen molar-refractivity contribution in [2.45, 2.75) is 13.1 Å². The monoisotopic (exact) mass is 189 g/mol. The summed E-state index contributed by atoms with van der Waals surface area (Å²) in [7, 11) is 0. The van der Waals surface area contributed by atoms with Gasteiger partial charge in [-0.1, -0.05) is 18.2 Å². The SMILES string of the molecule is CC1=NC(N)C(=O)Nc2ccccc21. The predicted octanol–water partition coefficient (Wildman–Crippen LogP) is 0.732. The second-order valence-electron chi connectivity index (χ2n) is 3.19. The van der Waals surface area contributed by atoms with Crippen LogP contribution in [0.15, 0.2) is 29.3 Å². The van der Waals surface area contributed by atoms with Crippen LogP contribution < -0.4 is 11.1 Å². The van der Waals surface area contributed by atoms with Crippen LogP contribution in [-0.4, -0.2) is 17.8 Å². The number of nitrogens with one attached hydrogen (secondary N) is 1. The number of carbonyl (C=O) groups is 1. The number of fused-ring (bicyclic) bond motifs is 1. The van der Waals surface area contributed by atoms with Crippen molar-refractivity contribution >= 4 is 17.3 Å². The number of hydrogen-bond donors (Lipinski definition) is 2. The Morgan fingerprint density at radius 1 is 1.43 bits per heavy atom. The molecule has 0 bridgehead atoms. The van der Waals surface area contributed by atoms with Gasteiger partial charge in [-0.15, -0.1) is 0 Å². The molecule has 1 aliphatic heterocycles. The van der Waals surface area contributed by atoms with Crippen molar-refractivity contribution in [1.82, 2.24) is 0 Å². The van der Waals surface area contributed by atoms with Crippen molar-refractivity contribution in [3.8, 4) is 0 Å². The number of anilines is 1. The molecule has 1 amide bonds. The van der Waals surface area contributed by atoms with Crippen LogP contribution in [0.4, 0.5) is 5.69 Å². The molecule has 0 spiro atoms. The highest BCUT2D eigenvalue weighted by atomic mass is 16.2. The van der Waals surface area contributed by atoms with E-state index in [2.05, 4.69) is 10.3 Å². The first-order chi connectivity index (χ1) is 6.68. The maximum absolute atomic E-state index is 11.4. The van der Waals surface area contributed by atoms with Gasteiger partial charge in [0.15, 0.2) is 6.17 Å². The van der Waals surface area contributed by atoms with Crippen molar-refractivity contribution in [3.05, 3.63) is 29.8 Å². The first-order valence-electron chi connectivity index (χ1n) is 4.39. The third kappa shape index (κ3) is 1.40. The normalized spacial score (nSPS) is 20.6. The van der Waals surface area contributed by atoms with Crippen LogP contribution in [0.2, 0.25) is 0 Å². The maximum atomic E-state index is 11.4. The van der Waals surface area contributed by atoms with Crippen LogP contribution in [-0.2, 0) is 4.79 Å². The van der Waals surface area contributed by atoms with E-state index in [1.165, 1.54) is 0 Å². The number of nitrogens with zero attached hydrogens (tertiary/aromatic N) is 1. The van der Waals surface area contributed by atoms with Crippen LogP contribution in [0.1, 0.15) is 12.5 Å². The smallest absolute Gasteiger partial charge is 0.263 e. The zero-order valence-corrected chi connectivity index (χ0v) is 7.82. The Balaban J connectivity index is 2.55. The molecule has 0 saturated carbocycles. The number of amides is 1. The summed E-state index contributed by atoms with van der Waals surface area (Å²) >= 11 is 0. The summed E-state index contributed by atoms with van der Waals surface area (Å²) in [5.41, 5.74) is 8.03. The molecule has 4 nitrogen and oxygen atoms in total. The lowest BCUT2D eigenvalue weighted by Gasteiger charge is -2.05. The standard InChI is InChI=1S/C10H11N3O/c1-6-7-4-2-3-5-8(7)13-10(14)9(11)12-6/h2-5,9H,11H2,1H3,(H,13,14). The Morgan fingerprint density at radius 2 is 2.14 bits per heavy atom. The second-order valence-corrected chi connectivity index (χ2v) is 3.19. The summed E-state index contributed by atoms with van der Waals surface area (Å²) in [6.45, 7) is 1.85. The van der Waals surface area contributed by atoms with E-state index in [-0.39, 0.29) is 5.91 Å². The third-order valence-corrected chi connectivity index (χ3v) is 2.18. The summed E-state index contributed by atoms with van der Waals surface area (Å²) in [5.74, 6) is -0.269. The minimum Gasteiger partial charge on any atom is -0.322 e. The summed E-state index contributed by atoms with van der Waals surface area (Å²) in [5, 5.41) is 2.72. The molecule has 4 heteroatoms. The molecule has 0 fully saturated rings. The Hall–Kier alpha value is -1.68. The zero-order chi connectivity index (χ0) is 10.1. The molecule has 1 aliphatic rings. The fraction of sp³-hybridized carbons (Fsp3) is 0.200. The van der Waals surface area contributed by atoms with Crippen LogP contribution in [0.5, 0.6) is 0 Å². The number of rotatable bonds is 0. The molecular weight excluding hydrogens is 178 g/mol. The van der Waals surface area contributed by atoms with E-state index < -0.39 is 6.17 Å². The Morgan fingerprint density at radius 3 is 2.93 bits per heavy atom. The van der Waals surface area contributed by atoms with Gasteiger partial charge in [0.1, 0.15) is 0 Å². The lowest BCUT2D eigenvalue weighted by Crippen LogP contribution is -2.33. The van der Waals surface area contributed by atoms with Crippen molar-refractivity contribution in [3.63, 3.8) is 0 Å². The van der Waals surface area contributed by atoms with E-state index in [1.807, 2.05) is 31.2 Å². The number of nitrogens with two attached hydrogens (primary N) is 1. The van der Waals surface area contributed by atoms with E-state index in [0.29, 0.717) is 0 Å². The molecule has 0 radical (unpaired) electrons. The molecule has 1 atom stereocenters. The fourth-order valence-corrected chi connectivity index (χ4v) is 1.45. The first kappa shape index (κ1) is 8.90. The van der Waals surface area contributed by atoms with Gasteiger partial charge in [0, 0.05) is 17.0 Å². The topological polar surface area (TPSA) is 67.5 Å². The lowest BCUT2D eigenvalue weighted by atomic mass is 10.1. The first-order valence-corrected chi connectivity index (χ1v) is 4.39. The van der Waals surface area contributed by atoms with E-state index in [9.17, 15) is 4.79 Å². The van der Waals surface area contributed by atoms with Crippen molar-refractivity contribution in [2.24, 2.45) is 10.7 Å². The van der Waals surface area contributed by atoms with Crippen molar-refractivity contribution in [1.29, 1.82) is 0 Å². The van der Waals surface area contributed by atoms with Gasteiger partial charge in [0.25, 0.3) is 5.91 Å². The van der Waals surface area contributed by atoms with Gasteiger partial charge in [-0.3, -0.25) is 9.79 Å². The van der Waals surface area contributed by atoms with Gasteiger partial charge >= 0.3 is 0 Å². The zero-order valence-electron chi connectivity index (χ0n) is 7.82. The molecule has 0 aliphatic carbocycles. The molecule has 1 aromatic carbocycles. The van der Waals surface area contributed by atoms with Gasteiger partial charge in [-0.2, -0.15) is 0 Å². The van der Waals surface area contributed by atoms with Gasteiger partial charge in [0.2, 0.25) is 0 Å². The highest BCUT2D eigenvalue weighted by Crippen LogP contribution is 2.18. The fourth-order valence-electron chi connectivity index (χ4n) is 1.45. The van der Waals surface area contributed by atoms with Crippen LogP contribution in [0, 0.1) is 0 Å². The molecule has 14 heavy (non-hydrogen) atoms. The highest BCUT2D eigenvalue weighted by molar-refractivity contribution is 6.10. The molecule has 2 rings (SSSR count). The van der Waals surface area contributed by atoms with Gasteiger partial charge in [0.05, 0.1) is 0 Å². The van der Waals surface area contributed by atoms with Gasteiger partial charge in [-0.05, 0) is 13.0 Å². The summed E-state index contributed by atoms with van der Waals surface area (Å²) < 4.78 is 0. The number of benzene rings is 1. The molecule has 72 valence electrons. The van der Waals surface area contributed by atoms with Crippen molar-refractivity contribution in [2.75, 3.05) is 5.32 Å². The number of benzodiazepines with no additional fused rings is 1. The molecule has 3 N–H and O–H groups in total. The summed E-state index contributed by atoms with van der Waals surface area (Å²) in [4.78, 5) is 15.5. The van der Waals surface area contributed by atoms with E-state index in [1.54, 1.807) is 0 Å². The van der Waals surface area contributed by atoms with Gasteiger partial charge < -0.3 is 11.1 Å². The molecule has 1 heterocycles. The predicted molar refractivity (Wildman–Crippen MR) is 55.3 cm³/mol.